The van der Waals surface area contributed by atoms with Gasteiger partial charge in [-0.3, -0.25) is 20.4 Å². The molecule has 6 nitrogen and oxygen atoms in total. The van der Waals surface area contributed by atoms with Gasteiger partial charge in [-0.1, -0.05) is 35.2 Å². The van der Waals surface area contributed by atoms with E-state index in [1.807, 2.05) is 6.92 Å². The van der Waals surface area contributed by atoms with Crippen LogP contribution in [-0.2, 0) is 4.79 Å². The molecule has 1 heterocycles. The molecule has 1 aromatic heterocycles. The molecular formula is C12H11BrN4O2S2. The van der Waals surface area contributed by atoms with Crippen LogP contribution in [0.1, 0.15) is 15.4 Å². The van der Waals surface area contributed by atoms with Gasteiger partial charge >= 0.3 is 0 Å². The number of rotatable bonds is 4. The van der Waals surface area contributed by atoms with Crippen molar-refractivity contribution in [2.24, 2.45) is 0 Å². The number of nitrogens with one attached hydrogen (secondary N) is 2. The standard InChI is InChI=1S/C12H11BrN4O2S2/c1-7-14-17-12(21-7)20-6-10(18)15-16-11(19)8-4-2-3-5-9(8)13/h2-5H,6H2,1H3,(H,15,18)(H,16,19). The first-order valence-corrected chi connectivity index (χ1v) is 8.42. The first kappa shape index (κ1) is 15.9. The number of hydrogen-bond acceptors (Lipinski definition) is 6. The molecule has 9 heteroatoms. The lowest BCUT2D eigenvalue weighted by Gasteiger charge is -2.07. The van der Waals surface area contributed by atoms with Crippen LogP contribution in [0.4, 0.5) is 0 Å². The molecule has 110 valence electrons. The Labute approximate surface area is 137 Å². The molecular weight excluding hydrogens is 376 g/mol. The summed E-state index contributed by atoms with van der Waals surface area (Å²) < 4.78 is 1.38. The van der Waals surface area contributed by atoms with Crippen molar-refractivity contribution in [2.75, 3.05) is 5.75 Å². The van der Waals surface area contributed by atoms with Crippen molar-refractivity contribution in [3.63, 3.8) is 0 Å². The number of benzene rings is 1. The molecule has 2 amide bonds. The third kappa shape index (κ3) is 4.80. The van der Waals surface area contributed by atoms with Crippen molar-refractivity contribution in [3.05, 3.63) is 39.3 Å². The SMILES string of the molecule is Cc1nnc(SCC(=O)NNC(=O)c2ccccc2Br)s1. The van der Waals surface area contributed by atoms with Gasteiger partial charge in [0.2, 0.25) is 5.91 Å². The fourth-order valence-corrected chi connectivity index (χ4v) is 3.42. The minimum Gasteiger partial charge on any atom is -0.272 e. The van der Waals surface area contributed by atoms with E-state index in [2.05, 4.69) is 37.0 Å². The van der Waals surface area contributed by atoms with Gasteiger partial charge in [0.05, 0.1) is 11.3 Å². The van der Waals surface area contributed by atoms with Crippen molar-refractivity contribution in [3.8, 4) is 0 Å². The van der Waals surface area contributed by atoms with Crippen LogP contribution in [0.2, 0.25) is 0 Å². The Kier molecular flexibility index (Phi) is 5.71. The van der Waals surface area contributed by atoms with Crippen LogP contribution in [-0.4, -0.2) is 27.8 Å². The number of carbonyl (C=O) groups is 2. The number of halogens is 1. The molecule has 0 bridgehead atoms. The lowest BCUT2D eigenvalue weighted by molar-refractivity contribution is -0.119. The molecule has 2 rings (SSSR count). The molecule has 21 heavy (non-hydrogen) atoms. The van der Waals surface area contributed by atoms with Crippen molar-refractivity contribution in [1.82, 2.24) is 21.0 Å². The van der Waals surface area contributed by atoms with Crippen LogP contribution >= 0.6 is 39.0 Å². The molecule has 0 unspecified atom stereocenters. The molecule has 0 radical (unpaired) electrons. The molecule has 0 saturated carbocycles. The van der Waals surface area contributed by atoms with E-state index in [4.69, 9.17) is 0 Å². The maximum atomic E-state index is 11.9. The molecule has 1 aromatic carbocycles. The second kappa shape index (κ2) is 7.53. The van der Waals surface area contributed by atoms with Crippen molar-refractivity contribution < 1.29 is 9.59 Å². The summed E-state index contributed by atoms with van der Waals surface area (Å²) in [4.78, 5) is 23.5. The predicted octanol–water partition coefficient (Wildman–Crippen LogP) is 2.16. The second-order valence-corrected chi connectivity index (χ2v) is 7.12. The maximum absolute atomic E-state index is 11.9. The van der Waals surface area contributed by atoms with Gasteiger partial charge in [0, 0.05) is 4.47 Å². The zero-order valence-electron chi connectivity index (χ0n) is 10.9. The Morgan fingerprint density at radius 1 is 1.29 bits per heavy atom. The van der Waals surface area contributed by atoms with Gasteiger partial charge in [-0.15, -0.1) is 10.2 Å². The summed E-state index contributed by atoms with van der Waals surface area (Å²) in [5.41, 5.74) is 5.18. The number of carbonyl (C=O) groups excluding carboxylic acids is 2. The topological polar surface area (TPSA) is 84.0 Å². The lowest BCUT2D eigenvalue weighted by Crippen LogP contribution is -2.42. The molecule has 0 atom stereocenters. The smallest absolute Gasteiger partial charge is 0.270 e. The first-order chi connectivity index (χ1) is 10.1. The van der Waals surface area contributed by atoms with Crippen molar-refractivity contribution >= 4 is 50.8 Å². The van der Waals surface area contributed by atoms with E-state index < -0.39 is 0 Å². The average Bonchev–Trinajstić information content (AvgIpc) is 2.89. The number of hydrogen-bond donors (Lipinski definition) is 2. The van der Waals surface area contributed by atoms with Gasteiger partial charge < -0.3 is 0 Å². The minimum atomic E-state index is -0.382. The Balaban J connectivity index is 1.79. The average molecular weight is 387 g/mol. The van der Waals surface area contributed by atoms with Crippen LogP contribution in [0.5, 0.6) is 0 Å². The zero-order valence-corrected chi connectivity index (χ0v) is 14.1. The number of aromatic nitrogens is 2. The Morgan fingerprint density at radius 2 is 2.05 bits per heavy atom. The Morgan fingerprint density at radius 3 is 2.71 bits per heavy atom. The van der Waals surface area contributed by atoms with Crippen LogP contribution in [0.25, 0.3) is 0 Å². The highest BCUT2D eigenvalue weighted by molar-refractivity contribution is 9.10. The third-order valence-electron chi connectivity index (χ3n) is 2.27. The van der Waals surface area contributed by atoms with Gasteiger partial charge in [0.25, 0.3) is 5.91 Å². The van der Waals surface area contributed by atoms with E-state index in [9.17, 15) is 9.59 Å². The van der Waals surface area contributed by atoms with Crippen molar-refractivity contribution in [1.29, 1.82) is 0 Å². The highest BCUT2D eigenvalue weighted by Gasteiger charge is 2.11. The molecule has 0 saturated heterocycles. The Bertz CT molecular complexity index is 662. The number of nitrogens with zero attached hydrogens (tertiary/aromatic N) is 2. The highest BCUT2D eigenvalue weighted by atomic mass is 79.9. The molecule has 0 spiro atoms. The van der Waals surface area contributed by atoms with Gasteiger partial charge in [-0.25, -0.2) is 0 Å². The molecule has 0 fully saturated rings. The van der Waals surface area contributed by atoms with Gasteiger partial charge in [-0.05, 0) is 35.0 Å². The Hall–Kier alpha value is -1.45. The van der Waals surface area contributed by atoms with Crippen molar-refractivity contribution in [2.45, 2.75) is 11.3 Å². The lowest BCUT2D eigenvalue weighted by atomic mass is 10.2. The number of thioether (sulfide) groups is 1. The fourth-order valence-electron chi connectivity index (χ4n) is 1.34. The van der Waals surface area contributed by atoms with E-state index in [0.29, 0.717) is 10.0 Å². The molecule has 0 aliphatic rings. The normalized spacial score (nSPS) is 10.2. The summed E-state index contributed by atoms with van der Waals surface area (Å²) in [7, 11) is 0. The second-order valence-electron chi connectivity index (χ2n) is 3.86. The van der Waals surface area contributed by atoms with E-state index in [0.717, 1.165) is 9.35 Å². The van der Waals surface area contributed by atoms with E-state index >= 15 is 0 Å². The van der Waals surface area contributed by atoms with Gasteiger partial charge in [0.15, 0.2) is 4.34 Å². The molecule has 2 aromatic rings. The van der Waals surface area contributed by atoms with E-state index in [1.165, 1.54) is 23.1 Å². The number of hydrazine groups is 1. The van der Waals surface area contributed by atoms with Crippen LogP contribution in [0, 0.1) is 6.92 Å². The number of amides is 2. The molecule has 0 aliphatic carbocycles. The summed E-state index contributed by atoms with van der Waals surface area (Å²) in [6.45, 7) is 1.85. The summed E-state index contributed by atoms with van der Waals surface area (Å²) in [5, 5.41) is 8.61. The van der Waals surface area contributed by atoms with E-state index in [-0.39, 0.29) is 17.6 Å². The van der Waals surface area contributed by atoms with Crippen LogP contribution < -0.4 is 10.9 Å². The maximum Gasteiger partial charge on any atom is 0.270 e. The minimum absolute atomic E-state index is 0.158. The zero-order chi connectivity index (χ0) is 15.2. The van der Waals surface area contributed by atoms with Crippen LogP contribution in [0.15, 0.2) is 33.1 Å². The van der Waals surface area contributed by atoms with Gasteiger partial charge in [0.1, 0.15) is 5.01 Å². The summed E-state index contributed by atoms with van der Waals surface area (Å²) in [6.07, 6.45) is 0. The highest BCUT2D eigenvalue weighted by Crippen LogP contribution is 2.21. The first-order valence-electron chi connectivity index (χ1n) is 5.83. The fraction of sp³-hybridized carbons (Fsp3) is 0.167. The monoisotopic (exact) mass is 386 g/mol. The summed E-state index contributed by atoms with van der Waals surface area (Å²) in [5.74, 6) is -0.536. The quantitative estimate of drug-likeness (QED) is 0.621. The van der Waals surface area contributed by atoms with Crippen LogP contribution in [0.3, 0.4) is 0 Å². The molecule has 2 N–H and O–H groups in total. The third-order valence-corrected chi connectivity index (χ3v) is 4.93. The summed E-state index contributed by atoms with van der Waals surface area (Å²) >= 11 is 5.97. The largest absolute Gasteiger partial charge is 0.272 e. The molecule has 0 aliphatic heterocycles. The van der Waals surface area contributed by atoms with E-state index in [1.54, 1.807) is 24.3 Å². The number of aryl methyl sites for hydroxylation is 1. The summed E-state index contributed by atoms with van der Waals surface area (Å²) in [6, 6.07) is 6.96. The predicted molar refractivity (Wildman–Crippen MR) is 85.1 cm³/mol. The van der Waals surface area contributed by atoms with Gasteiger partial charge in [-0.2, -0.15) is 0 Å².